The SMILES string of the molecule is Cc1nc(CN2C(=O)c3ccccc3C2=O)sc1Br. The van der Waals surface area contributed by atoms with Crippen LogP contribution in [0.5, 0.6) is 0 Å². The molecule has 1 aliphatic heterocycles. The van der Waals surface area contributed by atoms with E-state index in [0.29, 0.717) is 11.1 Å². The van der Waals surface area contributed by atoms with Crippen molar-refractivity contribution < 1.29 is 9.59 Å². The molecule has 4 nitrogen and oxygen atoms in total. The number of fused-ring (bicyclic) bond motifs is 1. The van der Waals surface area contributed by atoms with Crippen molar-refractivity contribution in [2.75, 3.05) is 0 Å². The van der Waals surface area contributed by atoms with E-state index >= 15 is 0 Å². The molecule has 0 aliphatic carbocycles. The van der Waals surface area contributed by atoms with Crippen molar-refractivity contribution in [1.29, 1.82) is 0 Å². The molecule has 0 saturated carbocycles. The Hall–Kier alpha value is -1.53. The van der Waals surface area contributed by atoms with Crippen LogP contribution in [0.3, 0.4) is 0 Å². The van der Waals surface area contributed by atoms with Gasteiger partial charge >= 0.3 is 0 Å². The van der Waals surface area contributed by atoms with E-state index in [1.807, 2.05) is 6.92 Å². The van der Waals surface area contributed by atoms with Crippen molar-refractivity contribution in [3.05, 3.63) is 49.9 Å². The third-order valence-electron chi connectivity index (χ3n) is 2.96. The fourth-order valence-electron chi connectivity index (χ4n) is 2.02. The molecule has 2 heterocycles. The Kier molecular flexibility index (Phi) is 2.99. The minimum Gasteiger partial charge on any atom is -0.269 e. The summed E-state index contributed by atoms with van der Waals surface area (Å²) in [6, 6.07) is 6.88. The van der Waals surface area contributed by atoms with Crippen LogP contribution in [-0.2, 0) is 6.54 Å². The molecule has 0 bridgehead atoms. The average molecular weight is 337 g/mol. The van der Waals surface area contributed by atoms with Gasteiger partial charge < -0.3 is 0 Å². The van der Waals surface area contributed by atoms with Crippen molar-refractivity contribution in [2.24, 2.45) is 0 Å². The van der Waals surface area contributed by atoms with Gasteiger partial charge in [0.25, 0.3) is 11.8 Å². The normalized spacial score (nSPS) is 14.1. The van der Waals surface area contributed by atoms with Crippen LogP contribution in [0.25, 0.3) is 0 Å². The lowest BCUT2D eigenvalue weighted by atomic mass is 10.1. The molecule has 3 rings (SSSR count). The molecule has 1 aliphatic rings. The van der Waals surface area contributed by atoms with Crippen molar-refractivity contribution >= 4 is 39.1 Å². The van der Waals surface area contributed by atoms with Gasteiger partial charge in [-0.25, -0.2) is 4.98 Å². The summed E-state index contributed by atoms with van der Waals surface area (Å²) >= 11 is 4.84. The Morgan fingerprint density at radius 3 is 2.26 bits per heavy atom. The Morgan fingerprint density at radius 2 is 1.79 bits per heavy atom. The number of rotatable bonds is 2. The maximum atomic E-state index is 12.2. The Bertz CT molecular complexity index is 641. The van der Waals surface area contributed by atoms with Gasteiger partial charge in [0.15, 0.2) is 0 Å². The van der Waals surface area contributed by atoms with Gasteiger partial charge in [-0.15, -0.1) is 11.3 Å². The zero-order valence-corrected chi connectivity index (χ0v) is 12.4. The summed E-state index contributed by atoms with van der Waals surface area (Å²) in [5.74, 6) is -0.492. The second kappa shape index (κ2) is 4.54. The number of thiazole rings is 1. The van der Waals surface area contributed by atoms with E-state index in [1.54, 1.807) is 24.3 Å². The van der Waals surface area contributed by atoms with Crippen LogP contribution in [0.4, 0.5) is 0 Å². The van der Waals surface area contributed by atoms with Crippen molar-refractivity contribution in [1.82, 2.24) is 9.88 Å². The molecule has 0 saturated heterocycles. The van der Waals surface area contributed by atoms with Crippen LogP contribution in [0.1, 0.15) is 31.4 Å². The molecule has 19 heavy (non-hydrogen) atoms. The van der Waals surface area contributed by atoms with Gasteiger partial charge in [-0.3, -0.25) is 14.5 Å². The maximum Gasteiger partial charge on any atom is 0.261 e. The highest BCUT2D eigenvalue weighted by Gasteiger charge is 2.35. The van der Waals surface area contributed by atoms with E-state index < -0.39 is 0 Å². The van der Waals surface area contributed by atoms with Crippen LogP contribution in [0, 0.1) is 6.92 Å². The van der Waals surface area contributed by atoms with E-state index in [4.69, 9.17) is 0 Å². The second-order valence-corrected chi connectivity index (χ2v) is 6.61. The lowest BCUT2D eigenvalue weighted by Gasteiger charge is -2.11. The molecule has 2 aromatic rings. The van der Waals surface area contributed by atoms with Gasteiger partial charge in [0.1, 0.15) is 5.01 Å². The summed E-state index contributed by atoms with van der Waals surface area (Å²) in [7, 11) is 0. The molecule has 0 N–H and O–H groups in total. The zero-order valence-electron chi connectivity index (χ0n) is 10.0. The fourth-order valence-corrected chi connectivity index (χ4v) is 3.44. The number of halogens is 1. The largest absolute Gasteiger partial charge is 0.269 e. The molecule has 96 valence electrons. The van der Waals surface area contributed by atoms with Gasteiger partial charge in [-0.1, -0.05) is 12.1 Å². The zero-order chi connectivity index (χ0) is 13.6. The number of nitrogens with zero attached hydrogens (tertiary/aromatic N) is 2. The summed E-state index contributed by atoms with van der Waals surface area (Å²) in [4.78, 5) is 29.9. The number of carbonyl (C=O) groups is 2. The first kappa shape index (κ1) is 12.5. The van der Waals surface area contributed by atoms with Gasteiger partial charge in [0, 0.05) is 0 Å². The standard InChI is InChI=1S/C13H9BrN2O2S/c1-7-11(14)19-10(15-7)6-16-12(17)8-4-2-3-5-9(8)13(16)18/h2-5H,6H2,1H3. The van der Waals surface area contributed by atoms with Crippen LogP contribution < -0.4 is 0 Å². The number of aromatic nitrogens is 1. The first-order valence-corrected chi connectivity index (χ1v) is 7.26. The molecular weight excluding hydrogens is 328 g/mol. The van der Waals surface area contributed by atoms with Gasteiger partial charge in [0.2, 0.25) is 0 Å². The van der Waals surface area contributed by atoms with Gasteiger partial charge in [0.05, 0.1) is 27.2 Å². The molecule has 0 unspecified atom stereocenters. The first-order valence-electron chi connectivity index (χ1n) is 5.65. The quantitative estimate of drug-likeness (QED) is 0.792. The number of amides is 2. The molecule has 2 amide bonds. The summed E-state index contributed by atoms with van der Waals surface area (Å²) < 4.78 is 0.930. The molecular formula is C13H9BrN2O2S. The minimum absolute atomic E-state index is 0.226. The van der Waals surface area contributed by atoms with Crippen molar-refractivity contribution in [3.8, 4) is 0 Å². The van der Waals surface area contributed by atoms with Crippen LogP contribution in [0.15, 0.2) is 28.1 Å². The van der Waals surface area contributed by atoms with Crippen LogP contribution >= 0.6 is 27.3 Å². The number of benzene rings is 1. The Balaban J connectivity index is 1.92. The van der Waals surface area contributed by atoms with E-state index in [1.165, 1.54) is 16.2 Å². The van der Waals surface area contributed by atoms with E-state index in [2.05, 4.69) is 20.9 Å². The molecule has 0 radical (unpaired) electrons. The van der Waals surface area contributed by atoms with Crippen LogP contribution in [-0.4, -0.2) is 21.7 Å². The monoisotopic (exact) mass is 336 g/mol. The first-order chi connectivity index (χ1) is 9.08. The topological polar surface area (TPSA) is 50.3 Å². The summed E-state index contributed by atoms with van der Waals surface area (Å²) in [5, 5.41) is 0.749. The Labute approximate surface area is 122 Å². The number of hydrogen-bond acceptors (Lipinski definition) is 4. The van der Waals surface area contributed by atoms with Crippen molar-refractivity contribution in [3.63, 3.8) is 0 Å². The average Bonchev–Trinajstić information content (AvgIpc) is 2.84. The maximum absolute atomic E-state index is 12.2. The number of aryl methyl sites for hydroxylation is 1. The van der Waals surface area contributed by atoms with E-state index in [9.17, 15) is 9.59 Å². The van der Waals surface area contributed by atoms with Crippen LogP contribution in [0.2, 0.25) is 0 Å². The summed E-state index contributed by atoms with van der Waals surface area (Å²) in [6.07, 6.45) is 0. The summed E-state index contributed by atoms with van der Waals surface area (Å²) in [5.41, 5.74) is 1.82. The number of hydrogen-bond donors (Lipinski definition) is 0. The highest BCUT2D eigenvalue weighted by molar-refractivity contribution is 9.11. The lowest BCUT2D eigenvalue weighted by molar-refractivity contribution is 0.0642. The van der Waals surface area contributed by atoms with Gasteiger partial charge in [-0.2, -0.15) is 0 Å². The third kappa shape index (κ3) is 2.01. The molecule has 1 aromatic heterocycles. The smallest absolute Gasteiger partial charge is 0.261 e. The van der Waals surface area contributed by atoms with E-state index in [0.717, 1.165) is 14.5 Å². The second-order valence-electron chi connectivity index (χ2n) is 4.21. The predicted molar refractivity (Wildman–Crippen MR) is 75.2 cm³/mol. The third-order valence-corrected chi connectivity index (χ3v) is 4.95. The molecule has 1 aromatic carbocycles. The molecule has 0 spiro atoms. The fraction of sp³-hybridized carbons (Fsp3) is 0.154. The summed E-state index contributed by atoms with van der Waals surface area (Å²) in [6.45, 7) is 2.11. The molecule has 0 atom stereocenters. The van der Waals surface area contributed by atoms with Gasteiger partial charge in [-0.05, 0) is 35.0 Å². The number of carbonyl (C=O) groups excluding carboxylic acids is 2. The highest BCUT2D eigenvalue weighted by atomic mass is 79.9. The van der Waals surface area contributed by atoms with Crippen molar-refractivity contribution in [2.45, 2.75) is 13.5 Å². The van der Waals surface area contributed by atoms with E-state index in [-0.39, 0.29) is 18.4 Å². The minimum atomic E-state index is -0.246. The molecule has 6 heteroatoms. The highest BCUT2D eigenvalue weighted by Crippen LogP contribution is 2.28. The Morgan fingerprint density at radius 1 is 1.21 bits per heavy atom. The predicted octanol–water partition coefficient (Wildman–Crippen LogP) is 3.01. The molecule has 0 fully saturated rings. The number of imide groups is 1. The lowest BCUT2D eigenvalue weighted by Crippen LogP contribution is -2.29.